The number of imidazole rings is 1. The minimum atomic E-state index is -4.90. The van der Waals surface area contributed by atoms with E-state index in [9.17, 15) is 33.5 Å². The van der Waals surface area contributed by atoms with Gasteiger partial charge in [0.2, 0.25) is 11.7 Å². The Balaban J connectivity index is 1.21. The van der Waals surface area contributed by atoms with Crippen LogP contribution in [0, 0.1) is 23.2 Å². The van der Waals surface area contributed by atoms with Crippen molar-refractivity contribution in [1.82, 2.24) is 39.8 Å². The summed E-state index contributed by atoms with van der Waals surface area (Å²) < 4.78 is 36.5. The van der Waals surface area contributed by atoms with E-state index in [1.54, 1.807) is 22.6 Å². The second-order valence-corrected chi connectivity index (χ2v) is 13.9. The molecule has 5 rings (SSSR count). The Morgan fingerprint density at radius 1 is 1.17 bits per heavy atom. The van der Waals surface area contributed by atoms with Crippen molar-refractivity contribution in [2.24, 2.45) is 11.3 Å². The topological polar surface area (TPSA) is 249 Å². The number of aryl methyl sites for hydroxylation is 1. The maximum atomic E-state index is 11.7. The molecular weight excluding hydrogens is 644 g/mol. The van der Waals surface area contributed by atoms with Gasteiger partial charge >= 0.3 is 15.6 Å². The molecule has 2 aliphatic carbocycles. The second-order valence-electron chi connectivity index (χ2n) is 11.5. The van der Waals surface area contributed by atoms with Crippen molar-refractivity contribution in [3.05, 3.63) is 24.0 Å². The van der Waals surface area contributed by atoms with Gasteiger partial charge in [-0.1, -0.05) is 17.6 Å². The number of phosphoric ester groups is 2. The number of aromatic nitrogens is 7. The standard InChI is InChI=1S/C26H37N9O9P2/c1-17(36)28-10-11-34-14-18(32-33-34)8-6-4-3-5-7-9-22-30-24(27-2)23-25(31-22)35(16-29-23)20-12-21(44-46(40,41)42)26(13-19(20)26)15-43-45(37,38)39/h14,16,19-21H,3-6,8,10-13,15H2,1-2H3,(H,28,36)(H,27,30,31)(H2,37,38,39)(H2,40,41,42)/t19-,20?,21?,26+/m0/s1. The summed E-state index contributed by atoms with van der Waals surface area (Å²) in [4.78, 5) is 62.1. The van der Waals surface area contributed by atoms with E-state index in [1.165, 1.54) is 6.92 Å². The summed E-state index contributed by atoms with van der Waals surface area (Å²) in [5, 5.41) is 14.0. The molecule has 46 heavy (non-hydrogen) atoms. The molecule has 2 fully saturated rings. The first-order valence-corrected chi connectivity index (χ1v) is 17.8. The minimum absolute atomic E-state index is 0.0824. The third kappa shape index (κ3) is 8.36. The number of nitrogens with zero attached hydrogens (tertiary/aromatic N) is 7. The SMILES string of the molecule is CNc1nc(C#CCCCCCc2cn(CCNC(C)=O)nn2)nc2c1ncn2C1CC(OP(=O)(O)O)[C@@]2(COP(=O)(O)O)C[C@@H]12. The highest BCUT2D eigenvalue weighted by atomic mass is 31.2. The normalized spacial score (nSPS) is 22.3. The summed E-state index contributed by atoms with van der Waals surface area (Å²) in [6, 6.07) is -0.374. The molecule has 0 radical (unpaired) electrons. The first kappa shape index (κ1) is 34.1. The lowest BCUT2D eigenvalue weighted by atomic mass is 10.0. The van der Waals surface area contributed by atoms with Gasteiger partial charge in [-0.3, -0.25) is 18.5 Å². The Morgan fingerprint density at radius 3 is 2.70 bits per heavy atom. The molecule has 2 unspecified atom stereocenters. The quantitative estimate of drug-likeness (QED) is 0.0751. The summed E-state index contributed by atoms with van der Waals surface area (Å²) >= 11 is 0. The number of unbranched alkanes of at least 4 members (excludes halogenated alkanes) is 3. The van der Waals surface area contributed by atoms with Gasteiger partial charge in [0, 0.05) is 44.6 Å². The summed E-state index contributed by atoms with van der Waals surface area (Å²) in [5.74, 6) is 6.56. The van der Waals surface area contributed by atoms with Gasteiger partial charge in [-0.15, -0.1) is 5.10 Å². The van der Waals surface area contributed by atoms with Gasteiger partial charge < -0.3 is 34.8 Å². The molecule has 0 aliphatic heterocycles. The van der Waals surface area contributed by atoms with Crippen molar-refractivity contribution in [3.63, 3.8) is 0 Å². The highest BCUT2D eigenvalue weighted by Gasteiger charge is 2.70. The number of hydrogen-bond acceptors (Lipinski definition) is 11. The van der Waals surface area contributed by atoms with Gasteiger partial charge in [0.25, 0.3) is 0 Å². The van der Waals surface area contributed by atoms with Crippen LogP contribution < -0.4 is 10.6 Å². The van der Waals surface area contributed by atoms with Gasteiger partial charge in [0.15, 0.2) is 17.0 Å². The molecule has 2 saturated carbocycles. The molecule has 20 heteroatoms. The fourth-order valence-electron chi connectivity index (χ4n) is 6.08. The number of fused-ring (bicyclic) bond motifs is 2. The van der Waals surface area contributed by atoms with Crippen molar-refractivity contribution in [2.45, 2.75) is 70.6 Å². The number of carbonyl (C=O) groups is 1. The number of nitrogens with one attached hydrogen (secondary N) is 2. The zero-order chi connectivity index (χ0) is 33.1. The average molecular weight is 682 g/mol. The predicted octanol–water partition coefficient (Wildman–Crippen LogP) is 1.29. The lowest BCUT2D eigenvalue weighted by Crippen LogP contribution is -2.26. The average Bonchev–Trinajstić information content (AvgIpc) is 3.20. The van der Waals surface area contributed by atoms with Crippen LogP contribution in [0.15, 0.2) is 12.5 Å². The molecule has 1 amide bonds. The highest BCUT2D eigenvalue weighted by molar-refractivity contribution is 7.46. The smallest absolute Gasteiger partial charge is 0.371 e. The minimum Gasteiger partial charge on any atom is -0.371 e. The Hall–Kier alpha value is -3.26. The molecule has 18 nitrogen and oxygen atoms in total. The molecule has 6 N–H and O–H groups in total. The molecule has 250 valence electrons. The van der Waals surface area contributed by atoms with Crippen LogP contribution in [0.25, 0.3) is 11.2 Å². The van der Waals surface area contributed by atoms with Crippen LogP contribution in [0.2, 0.25) is 0 Å². The molecule has 0 spiro atoms. The van der Waals surface area contributed by atoms with Gasteiger partial charge in [-0.2, -0.15) is 0 Å². The van der Waals surface area contributed by atoms with E-state index in [-0.39, 0.29) is 30.1 Å². The molecule has 0 bridgehead atoms. The molecule has 3 aromatic heterocycles. The predicted molar refractivity (Wildman–Crippen MR) is 162 cm³/mol. The van der Waals surface area contributed by atoms with E-state index in [0.29, 0.717) is 42.9 Å². The number of amides is 1. The number of carbonyl (C=O) groups excluding carboxylic acids is 1. The van der Waals surface area contributed by atoms with Crippen LogP contribution in [0.1, 0.15) is 63.0 Å². The summed E-state index contributed by atoms with van der Waals surface area (Å²) in [5.41, 5.74) is 0.867. The van der Waals surface area contributed by atoms with E-state index in [0.717, 1.165) is 31.4 Å². The summed E-state index contributed by atoms with van der Waals surface area (Å²) in [7, 11) is -8.01. The van der Waals surface area contributed by atoms with Crippen molar-refractivity contribution in [3.8, 4) is 11.8 Å². The Labute approximate surface area is 264 Å². The third-order valence-electron chi connectivity index (χ3n) is 8.26. The largest absolute Gasteiger partial charge is 0.469 e. The molecule has 3 aromatic rings. The number of phosphoric acid groups is 2. The Bertz CT molecular complexity index is 1730. The summed E-state index contributed by atoms with van der Waals surface area (Å²) in [6.45, 7) is 2.12. The number of anilines is 1. The number of rotatable bonds is 15. The highest BCUT2D eigenvalue weighted by Crippen LogP contribution is 2.71. The van der Waals surface area contributed by atoms with Gasteiger partial charge in [0.05, 0.1) is 31.3 Å². The lowest BCUT2D eigenvalue weighted by Gasteiger charge is -2.24. The zero-order valence-electron chi connectivity index (χ0n) is 25.3. The monoisotopic (exact) mass is 681 g/mol. The van der Waals surface area contributed by atoms with Gasteiger partial charge in [-0.25, -0.2) is 24.1 Å². The Morgan fingerprint density at radius 2 is 1.98 bits per heavy atom. The van der Waals surface area contributed by atoms with Crippen LogP contribution in [0.3, 0.4) is 0 Å². The maximum absolute atomic E-state index is 11.7. The van der Waals surface area contributed by atoms with E-state index in [1.807, 2.05) is 6.20 Å². The third-order valence-corrected chi connectivity index (χ3v) is 9.25. The first-order valence-electron chi connectivity index (χ1n) is 14.8. The molecule has 3 heterocycles. The van der Waals surface area contributed by atoms with Crippen LogP contribution in [-0.4, -0.2) is 86.3 Å². The molecule has 0 saturated heterocycles. The fourth-order valence-corrected chi connectivity index (χ4v) is 7.11. The van der Waals surface area contributed by atoms with E-state index in [4.69, 9.17) is 9.05 Å². The summed E-state index contributed by atoms with van der Waals surface area (Å²) in [6.07, 6.45) is 7.14. The van der Waals surface area contributed by atoms with E-state index in [2.05, 4.69) is 47.7 Å². The van der Waals surface area contributed by atoms with Gasteiger partial charge in [-0.05, 0) is 43.9 Å². The van der Waals surface area contributed by atoms with Crippen molar-refractivity contribution in [2.75, 3.05) is 25.5 Å². The van der Waals surface area contributed by atoms with E-state index >= 15 is 0 Å². The second kappa shape index (κ2) is 13.8. The maximum Gasteiger partial charge on any atom is 0.469 e. The fraction of sp³-hybridized carbons (Fsp3) is 0.615. The van der Waals surface area contributed by atoms with Crippen LogP contribution in [-0.2, 0) is 35.9 Å². The molecular formula is C26H37N9O9P2. The van der Waals surface area contributed by atoms with E-state index < -0.39 is 33.8 Å². The van der Waals surface area contributed by atoms with Crippen LogP contribution >= 0.6 is 15.6 Å². The molecule has 2 aliphatic rings. The lowest BCUT2D eigenvalue weighted by molar-refractivity contribution is -0.119. The first-order chi connectivity index (χ1) is 21.8. The van der Waals surface area contributed by atoms with Crippen LogP contribution in [0.5, 0.6) is 0 Å². The number of hydrogen-bond donors (Lipinski definition) is 6. The Kier molecular flexibility index (Phi) is 10.3. The van der Waals surface area contributed by atoms with Crippen molar-refractivity contribution in [1.29, 1.82) is 0 Å². The van der Waals surface area contributed by atoms with Crippen molar-refractivity contribution >= 4 is 38.5 Å². The van der Waals surface area contributed by atoms with Gasteiger partial charge in [0.1, 0.15) is 0 Å². The van der Waals surface area contributed by atoms with Crippen molar-refractivity contribution < 1.29 is 42.5 Å². The van der Waals surface area contributed by atoms with Crippen LogP contribution in [0.4, 0.5) is 5.82 Å². The molecule has 0 aromatic carbocycles. The molecule has 4 atom stereocenters. The zero-order valence-corrected chi connectivity index (χ0v) is 27.1.